The molecule has 0 saturated heterocycles. The molecule has 1 amide bonds. The molecular weight excluding hydrogens is 338 g/mol. The monoisotopic (exact) mass is 349 g/mol. The Morgan fingerprint density at radius 3 is 2.80 bits per heavy atom. The second-order valence-electron chi connectivity index (χ2n) is 5.07. The number of nitrogens with one attached hydrogen (secondary N) is 1. The highest BCUT2D eigenvalue weighted by Gasteiger charge is 2.08. The SMILES string of the molecule is N#Cc1ccccc1-c1ccc(C=NNC(=O)c2cccc(Cl)c2)o1. The van der Waals surface area contributed by atoms with Crippen molar-refractivity contribution in [1.29, 1.82) is 5.26 Å². The second-order valence-corrected chi connectivity index (χ2v) is 5.51. The molecule has 0 atom stereocenters. The van der Waals surface area contributed by atoms with Crippen molar-refractivity contribution in [2.45, 2.75) is 0 Å². The standard InChI is InChI=1S/C19H12ClN3O2/c20-15-6-3-5-13(10-15)19(24)23-22-12-16-8-9-18(25-16)17-7-2-1-4-14(17)11-21/h1-10,12H,(H,23,24). The first-order valence-electron chi connectivity index (χ1n) is 7.35. The predicted octanol–water partition coefficient (Wildman–Crippen LogP) is 4.24. The molecule has 2 aromatic carbocycles. The molecule has 122 valence electrons. The number of halogens is 1. The Hall–Kier alpha value is -3.36. The Morgan fingerprint density at radius 2 is 2.00 bits per heavy atom. The maximum Gasteiger partial charge on any atom is 0.271 e. The van der Waals surface area contributed by atoms with Crippen LogP contribution in [0.1, 0.15) is 21.7 Å². The summed E-state index contributed by atoms with van der Waals surface area (Å²) in [7, 11) is 0. The molecule has 0 unspecified atom stereocenters. The van der Waals surface area contributed by atoms with E-state index < -0.39 is 0 Å². The van der Waals surface area contributed by atoms with Crippen molar-refractivity contribution in [3.8, 4) is 17.4 Å². The van der Waals surface area contributed by atoms with Gasteiger partial charge in [0.25, 0.3) is 5.91 Å². The molecule has 0 radical (unpaired) electrons. The largest absolute Gasteiger partial charge is 0.455 e. The van der Waals surface area contributed by atoms with Gasteiger partial charge in [-0.25, -0.2) is 5.43 Å². The average Bonchev–Trinajstić information content (AvgIpc) is 3.10. The summed E-state index contributed by atoms with van der Waals surface area (Å²) in [5.41, 5.74) is 4.04. The van der Waals surface area contributed by atoms with Crippen molar-refractivity contribution in [3.63, 3.8) is 0 Å². The van der Waals surface area contributed by atoms with Crippen LogP contribution < -0.4 is 5.43 Å². The summed E-state index contributed by atoms with van der Waals surface area (Å²) in [6.45, 7) is 0. The van der Waals surface area contributed by atoms with Gasteiger partial charge in [0.05, 0.1) is 17.8 Å². The van der Waals surface area contributed by atoms with E-state index in [1.807, 2.05) is 6.07 Å². The van der Waals surface area contributed by atoms with E-state index in [4.69, 9.17) is 21.3 Å². The second kappa shape index (κ2) is 7.47. The van der Waals surface area contributed by atoms with Crippen molar-refractivity contribution in [3.05, 3.63) is 82.6 Å². The Labute approximate surface area is 149 Å². The van der Waals surface area contributed by atoms with Crippen molar-refractivity contribution >= 4 is 23.7 Å². The number of nitriles is 1. The van der Waals surface area contributed by atoms with Crippen LogP contribution in [0.4, 0.5) is 0 Å². The third-order valence-corrected chi connectivity index (χ3v) is 3.62. The summed E-state index contributed by atoms with van der Waals surface area (Å²) in [5.74, 6) is 0.634. The molecule has 3 rings (SSSR count). The highest BCUT2D eigenvalue weighted by molar-refractivity contribution is 6.30. The van der Waals surface area contributed by atoms with E-state index in [-0.39, 0.29) is 5.91 Å². The van der Waals surface area contributed by atoms with Crippen LogP contribution in [-0.2, 0) is 0 Å². The van der Waals surface area contributed by atoms with Crippen molar-refractivity contribution < 1.29 is 9.21 Å². The van der Waals surface area contributed by atoms with Gasteiger partial charge in [-0.2, -0.15) is 10.4 Å². The minimum atomic E-state index is -0.375. The fourth-order valence-corrected chi connectivity index (χ4v) is 2.40. The van der Waals surface area contributed by atoms with Gasteiger partial charge in [0.1, 0.15) is 11.5 Å². The van der Waals surface area contributed by atoms with Crippen LogP contribution in [0, 0.1) is 11.3 Å². The van der Waals surface area contributed by atoms with Crippen LogP contribution in [0.25, 0.3) is 11.3 Å². The number of amides is 1. The number of carbonyl (C=O) groups is 1. The van der Waals surface area contributed by atoms with Gasteiger partial charge in [0.15, 0.2) is 0 Å². The molecule has 0 spiro atoms. The fourth-order valence-electron chi connectivity index (χ4n) is 2.21. The topological polar surface area (TPSA) is 78.4 Å². The smallest absolute Gasteiger partial charge is 0.271 e. The molecule has 0 bridgehead atoms. The molecule has 0 aliphatic rings. The van der Waals surface area contributed by atoms with Crippen LogP contribution in [0.15, 0.2) is 70.2 Å². The molecule has 25 heavy (non-hydrogen) atoms. The van der Waals surface area contributed by atoms with Gasteiger partial charge in [-0.15, -0.1) is 0 Å². The van der Waals surface area contributed by atoms with E-state index in [0.717, 1.165) is 0 Å². The molecule has 0 fully saturated rings. The lowest BCUT2D eigenvalue weighted by atomic mass is 10.1. The summed E-state index contributed by atoms with van der Waals surface area (Å²) in [6, 6.07) is 19.3. The molecule has 1 heterocycles. The Kier molecular flexibility index (Phi) is 4.93. The Balaban J connectivity index is 1.70. The maximum absolute atomic E-state index is 11.9. The summed E-state index contributed by atoms with van der Waals surface area (Å²) in [4.78, 5) is 11.9. The van der Waals surface area contributed by atoms with Gasteiger partial charge in [-0.1, -0.05) is 29.8 Å². The molecule has 6 heteroatoms. The van der Waals surface area contributed by atoms with E-state index in [0.29, 0.717) is 33.2 Å². The lowest BCUT2D eigenvalue weighted by Gasteiger charge is -2.00. The van der Waals surface area contributed by atoms with Gasteiger partial charge >= 0.3 is 0 Å². The highest BCUT2D eigenvalue weighted by Crippen LogP contribution is 2.24. The Bertz CT molecular complexity index is 986. The highest BCUT2D eigenvalue weighted by atomic mass is 35.5. The first-order valence-corrected chi connectivity index (χ1v) is 7.73. The zero-order valence-corrected chi connectivity index (χ0v) is 13.7. The number of carbonyl (C=O) groups excluding carboxylic acids is 1. The summed E-state index contributed by atoms with van der Waals surface area (Å²) in [6.07, 6.45) is 1.39. The van der Waals surface area contributed by atoms with Gasteiger partial charge in [-0.3, -0.25) is 4.79 Å². The molecule has 3 aromatic rings. The first-order chi connectivity index (χ1) is 12.2. The van der Waals surface area contributed by atoms with Crippen LogP contribution in [0.2, 0.25) is 5.02 Å². The number of hydrogen-bond donors (Lipinski definition) is 1. The number of hydrazone groups is 1. The zero-order chi connectivity index (χ0) is 17.6. The van der Waals surface area contributed by atoms with E-state index >= 15 is 0 Å². The van der Waals surface area contributed by atoms with Crippen LogP contribution in [0.5, 0.6) is 0 Å². The van der Waals surface area contributed by atoms with Crippen LogP contribution in [0.3, 0.4) is 0 Å². The molecule has 0 aliphatic heterocycles. The van der Waals surface area contributed by atoms with E-state index in [2.05, 4.69) is 16.6 Å². The molecular formula is C19H12ClN3O2. The third kappa shape index (κ3) is 3.94. The number of rotatable bonds is 4. The van der Waals surface area contributed by atoms with E-state index in [1.54, 1.807) is 54.6 Å². The maximum atomic E-state index is 11.9. The van der Waals surface area contributed by atoms with Gasteiger partial charge < -0.3 is 4.42 Å². The van der Waals surface area contributed by atoms with Crippen LogP contribution >= 0.6 is 11.6 Å². The number of benzene rings is 2. The minimum absolute atomic E-state index is 0.375. The number of nitrogens with zero attached hydrogens (tertiary/aromatic N) is 2. The summed E-state index contributed by atoms with van der Waals surface area (Å²) >= 11 is 5.85. The average molecular weight is 350 g/mol. The molecule has 1 aromatic heterocycles. The number of furan rings is 1. The van der Waals surface area contributed by atoms with Gasteiger partial charge in [0.2, 0.25) is 0 Å². The lowest BCUT2D eigenvalue weighted by molar-refractivity contribution is 0.0955. The van der Waals surface area contributed by atoms with E-state index in [1.165, 1.54) is 6.21 Å². The molecule has 1 N–H and O–H groups in total. The normalized spacial score (nSPS) is 10.6. The summed E-state index contributed by atoms with van der Waals surface area (Å²) < 4.78 is 5.65. The van der Waals surface area contributed by atoms with Gasteiger partial charge in [-0.05, 0) is 42.5 Å². The molecule has 0 aliphatic carbocycles. The lowest BCUT2D eigenvalue weighted by Crippen LogP contribution is -2.17. The molecule has 5 nitrogen and oxygen atoms in total. The predicted molar refractivity (Wildman–Crippen MR) is 95.4 cm³/mol. The first kappa shape index (κ1) is 16.5. The zero-order valence-electron chi connectivity index (χ0n) is 12.9. The van der Waals surface area contributed by atoms with Gasteiger partial charge in [0, 0.05) is 16.1 Å². The summed E-state index contributed by atoms with van der Waals surface area (Å²) in [5, 5.41) is 13.5. The van der Waals surface area contributed by atoms with E-state index in [9.17, 15) is 4.79 Å². The van der Waals surface area contributed by atoms with Crippen LogP contribution in [-0.4, -0.2) is 12.1 Å². The van der Waals surface area contributed by atoms with Crippen molar-refractivity contribution in [1.82, 2.24) is 5.43 Å². The Morgan fingerprint density at radius 1 is 1.16 bits per heavy atom. The quantitative estimate of drug-likeness (QED) is 0.565. The number of hydrogen-bond acceptors (Lipinski definition) is 4. The molecule has 0 saturated carbocycles. The fraction of sp³-hybridized carbons (Fsp3) is 0. The minimum Gasteiger partial charge on any atom is -0.455 e. The third-order valence-electron chi connectivity index (χ3n) is 3.38. The van der Waals surface area contributed by atoms with Crippen molar-refractivity contribution in [2.75, 3.05) is 0 Å². The van der Waals surface area contributed by atoms with Crippen molar-refractivity contribution in [2.24, 2.45) is 5.10 Å².